The number of hydrogen-bond acceptors (Lipinski definition) is 3. The molecule has 2 aromatic rings. The Labute approximate surface area is 221 Å². The third-order valence-corrected chi connectivity index (χ3v) is 10.5. The minimum Gasteiger partial charge on any atom is -0.492 e. The number of carbonyl (C=O) groups is 1. The molecule has 0 spiro atoms. The minimum absolute atomic E-state index is 0.129. The summed E-state index contributed by atoms with van der Waals surface area (Å²) in [6, 6.07) is 15.1. The van der Waals surface area contributed by atoms with Crippen molar-refractivity contribution in [1.82, 2.24) is 4.90 Å². The van der Waals surface area contributed by atoms with Crippen LogP contribution < -0.4 is 4.74 Å². The van der Waals surface area contributed by atoms with Crippen molar-refractivity contribution in [3.63, 3.8) is 0 Å². The van der Waals surface area contributed by atoms with Crippen LogP contribution in [0.4, 0.5) is 4.39 Å². The van der Waals surface area contributed by atoms with E-state index >= 15 is 4.39 Å². The molecular weight excluding hydrogens is 461 g/mol. The molecule has 2 aromatic carbocycles. The van der Waals surface area contributed by atoms with Crippen LogP contribution in [0, 0.1) is 17.3 Å². The molecule has 0 bridgehead atoms. The highest BCUT2D eigenvalue weighted by Crippen LogP contribution is 2.65. The molecule has 3 nitrogen and oxygen atoms in total. The number of likely N-dealkylation sites (tertiary alicyclic amines) is 1. The van der Waals surface area contributed by atoms with Crippen LogP contribution in [0.2, 0.25) is 0 Å². The molecule has 1 saturated heterocycles. The maximum absolute atomic E-state index is 15.4. The second-order valence-electron chi connectivity index (χ2n) is 12.5. The third-order valence-electron chi connectivity index (χ3n) is 10.5. The highest BCUT2D eigenvalue weighted by molar-refractivity contribution is 5.94. The summed E-state index contributed by atoms with van der Waals surface area (Å²) in [5, 5.41) is 0. The molecule has 4 aliphatic rings. The lowest BCUT2D eigenvalue weighted by Gasteiger charge is -2.53. The van der Waals surface area contributed by atoms with Gasteiger partial charge in [0.25, 0.3) is 0 Å². The second kappa shape index (κ2) is 10.2. The van der Waals surface area contributed by atoms with Crippen molar-refractivity contribution in [3.8, 4) is 5.75 Å². The molecule has 4 heteroatoms. The normalized spacial score (nSPS) is 33.3. The molecule has 3 aliphatic carbocycles. The number of ether oxygens (including phenoxy) is 1. The van der Waals surface area contributed by atoms with Crippen LogP contribution in [0.15, 0.2) is 42.5 Å². The Morgan fingerprint density at radius 3 is 2.59 bits per heavy atom. The molecule has 1 heterocycles. The Balaban J connectivity index is 1.26. The van der Waals surface area contributed by atoms with Gasteiger partial charge in [-0.1, -0.05) is 37.6 Å². The number of carbonyl (C=O) groups excluding carboxylic acids is 1. The molecule has 6 rings (SSSR count). The SMILES string of the molecule is CC(=O)c1ccc2c(c1)CC[C@@H]1[C@@H]2[C@@H](c2ccc(OCCN3CCCCC3)cc2)C[C@]2(C)[C@H](F)CC[C@@H]12. The number of halogens is 1. The molecule has 198 valence electrons. The van der Waals surface area contributed by atoms with Gasteiger partial charge in [0.1, 0.15) is 18.5 Å². The number of hydrogen-bond donors (Lipinski definition) is 0. The van der Waals surface area contributed by atoms with E-state index in [0.29, 0.717) is 24.2 Å². The predicted molar refractivity (Wildman–Crippen MR) is 146 cm³/mol. The van der Waals surface area contributed by atoms with Crippen LogP contribution >= 0.6 is 0 Å². The zero-order valence-corrected chi connectivity index (χ0v) is 22.6. The molecule has 1 aliphatic heterocycles. The van der Waals surface area contributed by atoms with Crippen molar-refractivity contribution >= 4 is 5.78 Å². The number of piperidine rings is 1. The van der Waals surface area contributed by atoms with E-state index < -0.39 is 6.17 Å². The van der Waals surface area contributed by atoms with E-state index in [1.54, 1.807) is 6.92 Å². The van der Waals surface area contributed by atoms with E-state index in [1.165, 1.54) is 49.0 Å². The smallest absolute Gasteiger partial charge is 0.159 e. The van der Waals surface area contributed by atoms with Gasteiger partial charge in [-0.3, -0.25) is 9.69 Å². The van der Waals surface area contributed by atoms with Gasteiger partial charge in [0.05, 0.1) is 0 Å². The molecular formula is C33H42FNO2. The standard InChI is InChI=1S/C33H42FNO2/c1-22(36)24-8-12-27-25(20-24)9-13-28-30-14-15-31(34)33(30,2)21-29(32(27)28)23-6-10-26(11-7-23)37-19-18-35-16-4-3-5-17-35/h6-8,10-12,20,28-32H,3-5,9,13-19,21H2,1-2H3/t28-,29+,30-,31+,32+,33-/m0/s1. The second-order valence-corrected chi connectivity index (χ2v) is 12.5. The van der Waals surface area contributed by atoms with Crippen molar-refractivity contribution in [1.29, 1.82) is 0 Å². The van der Waals surface area contributed by atoms with Gasteiger partial charge in [0, 0.05) is 17.5 Å². The summed E-state index contributed by atoms with van der Waals surface area (Å²) in [6.45, 7) is 7.98. The summed E-state index contributed by atoms with van der Waals surface area (Å²) >= 11 is 0. The Kier molecular flexibility index (Phi) is 6.90. The quantitative estimate of drug-likeness (QED) is 0.386. The number of ketones is 1. The zero-order valence-electron chi connectivity index (χ0n) is 22.6. The molecule has 0 radical (unpaired) electrons. The predicted octanol–water partition coefficient (Wildman–Crippen LogP) is 7.34. The molecule has 2 saturated carbocycles. The first-order chi connectivity index (χ1) is 17.9. The fourth-order valence-corrected chi connectivity index (χ4v) is 8.48. The number of benzene rings is 2. The summed E-state index contributed by atoms with van der Waals surface area (Å²) in [4.78, 5) is 14.6. The average molecular weight is 504 g/mol. The van der Waals surface area contributed by atoms with Crippen LogP contribution in [-0.4, -0.2) is 43.1 Å². The van der Waals surface area contributed by atoms with Crippen molar-refractivity contribution in [2.75, 3.05) is 26.2 Å². The Morgan fingerprint density at radius 1 is 1.05 bits per heavy atom. The van der Waals surface area contributed by atoms with E-state index in [0.717, 1.165) is 50.1 Å². The van der Waals surface area contributed by atoms with Crippen molar-refractivity contribution < 1.29 is 13.9 Å². The number of Topliss-reactive ketones (excluding diaryl/α,β-unsaturated/α-hetero) is 1. The lowest BCUT2D eigenvalue weighted by molar-refractivity contribution is 0.00140. The highest BCUT2D eigenvalue weighted by Gasteiger charge is 2.58. The average Bonchev–Trinajstić information content (AvgIpc) is 3.22. The molecule has 0 unspecified atom stereocenters. The van der Waals surface area contributed by atoms with Crippen LogP contribution in [0.1, 0.15) is 97.7 Å². The maximum Gasteiger partial charge on any atom is 0.159 e. The Bertz CT molecular complexity index is 1120. The van der Waals surface area contributed by atoms with Crippen molar-refractivity contribution in [2.24, 2.45) is 17.3 Å². The fourth-order valence-electron chi connectivity index (χ4n) is 8.48. The minimum atomic E-state index is -0.708. The van der Waals surface area contributed by atoms with Gasteiger partial charge in [0.2, 0.25) is 0 Å². The topological polar surface area (TPSA) is 29.5 Å². The first kappa shape index (κ1) is 25.1. The lowest BCUT2D eigenvalue weighted by atomic mass is 9.51. The Morgan fingerprint density at radius 2 is 1.84 bits per heavy atom. The summed E-state index contributed by atoms with van der Waals surface area (Å²) in [6.07, 6.45) is 7.95. The van der Waals surface area contributed by atoms with Crippen LogP contribution in [0.5, 0.6) is 5.75 Å². The molecule has 0 amide bonds. The lowest BCUT2D eigenvalue weighted by Crippen LogP contribution is -2.46. The summed E-state index contributed by atoms with van der Waals surface area (Å²) in [7, 11) is 0. The number of rotatable bonds is 6. The van der Waals surface area contributed by atoms with Crippen LogP contribution in [0.3, 0.4) is 0 Å². The van der Waals surface area contributed by atoms with Crippen molar-refractivity contribution in [2.45, 2.75) is 83.2 Å². The fraction of sp³-hybridized carbons (Fsp3) is 0.606. The molecule has 6 atom stereocenters. The maximum atomic E-state index is 15.4. The highest BCUT2D eigenvalue weighted by atomic mass is 19.1. The van der Waals surface area contributed by atoms with E-state index in [4.69, 9.17) is 4.74 Å². The van der Waals surface area contributed by atoms with E-state index in [2.05, 4.69) is 48.2 Å². The first-order valence-electron chi connectivity index (χ1n) is 14.7. The molecule has 0 N–H and O–H groups in total. The Hall–Kier alpha value is -2.20. The molecule has 0 aromatic heterocycles. The van der Waals surface area contributed by atoms with Crippen LogP contribution in [0.25, 0.3) is 0 Å². The summed E-state index contributed by atoms with van der Waals surface area (Å²) in [5.74, 6) is 2.68. The molecule has 37 heavy (non-hydrogen) atoms. The monoisotopic (exact) mass is 503 g/mol. The first-order valence-corrected chi connectivity index (χ1v) is 14.7. The van der Waals surface area contributed by atoms with Gasteiger partial charge in [-0.2, -0.15) is 0 Å². The van der Waals surface area contributed by atoms with Crippen LogP contribution in [-0.2, 0) is 6.42 Å². The summed E-state index contributed by atoms with van der Waals surface area (Å²) in [5.41, 5.74) is 4.60. The molecule has 3 fully saturated rings. The van der Waals surface area contributed by atoms with Gasteiger partial charge in [-0.25, -0.2) is 4.39 Å². The summed E-state index contributed by atoms with van der Waals surface area (Å²) < 4.78 is 21.5. The third kappa shape index (κ3) is 4.64. The van der Waals surface area contributed by atoms with Gasteiger partial charge < -0.3 is 4.74 Å². The van der Waals surface area contributed by atoms with Crippen molar-refractivity contribution in [3.05, 3.63) is 64.7 Å². The number of alkyl halides is 1. The van der Waals surface area contributed by atoms with E-state index in [9.17, 15) is 4.79 Å². The van der Waals surface area contributed by atoms with Gasteiger partial charge in [-0.15, -0.1) is 0 Å². The zero-order chi connectivity index (χ0) is 25.6. The van der Waals surface area contributed by atoms with Gasteiger partial charge in [-0.05, 0) is 124 Å². The number of aryl methyl sites for hydroxylation is 1. The van der Waals surface area contributed by atoms with E-state index in [1.807, 2.05) is 6.07 Å². The number of nitrogens with zero attached hydrogens (tertiary/aromatic N) is 1. The largest absolute Gasteiger partial charge is 0.492 e. The van der Waals surface area contributed by atoms with Gasteiger partial charge in [0.15, 0.2) is 5.78 Å². The number of fused-ring (bicyclic) bond motifs is 5. The van der Waals surface area contributed by atoms with Gasteiger partial charge >= 0.3 is 0 Å². The van der Waals surface area contributed by atoms with E-state index in [-0.39, 0.29) is 17.1 Å².